The molecule has 0 unspecified atom stereocenters. The molecule has 0 spiro atoms. The van der Waals surface area contributed by atoms with E-state index in [9.17, 15) is 18.0 Å². The van der Waals surface area contributed by atoms with Crippen molar-refractivity contribution < 1.29 is 27.4 Å². The van der Waals surface area contributed by atoms with Crippen LogP contribution in [0, 0.1) is 11.3 Å². The molecule has 25 heavy (non-hydrogen) atoms. The van der Waals surface area contributed by atoms with Crippen molar-refractivity contribution in [3.8, 4) is 17.6 Å². The van der Waals surface area contributed by atoms with Gasteiger partial charge in [-0.2, -0.15) is 18.4 Å². The average Bonchev–Trinajstić information content (AvgIpc) is 2.57. The minimum absolute atomic E-state index is 0.0808. The van der Waals surface area contributed by atoms with Crippen LogP contribution in [-0.2, 0) is 4.79 Å². The zero-order chi connectivity index (χ0) is 18.9. The molecule has 1 rings (SSSR count). The third kappa shape index (κ3) is 7.16. The van der Waals surface area contributed by atoms with Gasteiger partial charge in [-0.3, -0.25) is 4.79 Å². The van der Waals surface area contributed by atoms with Gasteiger partial charge in [0, 0.05) is 19.0 Å². The van der Waals surface area contributed by atoms with Gasteiger partial charge in [-0.15, -0.1) is 6.58 Å². The number of hydrogen-bond acceptors (Lipinski definition) is 4. The second-order valence-electron chi connectivity index (χ2n) is 5.11. The second-order valence-corrected chi connectivity index (χ2v) is 5.11. The highest BCUT2D eigenvalue weighted by Crippen LogP contribution is 2.28. The number of carbonyl (C=O) groups is 1. The summed E-state index contributed by atoms with van der Waals surface area (Å²) in [5.74, 6) is 0.149. The number of hydrogen-bond donors (Lipinski definition) is 0. The Labute approximate surface area is 144 Å². The van der Waals surface area contributed by atoms with E-state index < -0.39 is 18.6 Å². The largest absolute Gasteiger partial charge is 0.493 e. The Morgan fingerprint density at radius 3 is 2.68 bits per heavy atom. The molecule has 0 aliphatic heterocycles. The molecule has 0 saturated carbocycles. The fourth-order valence-corrected chi connectivity index (χ4v) is 2.05. The lowest BCUT2D eigenvalue weighted by molar-refractivity contribution is -0.160. The molecule has 136 valence electrons. The van der Waals surface area contributed by atoms with E-state index in [-0.39, 0.29) is 26.0 Å². The SMILES string of the molecule is C=CCN(CC(F)(F)F)C(=O)CCCOc1ccc(C#N)cc1OC. The summed E-state index contributed by atoms with van der Waals surface area (Å²) in [5.41, 5.74) is 0.409. The minimum Gasteiger partial charge on any atom is -0.493 e. The fourth-order valence-electron chi connectivity index (χ4n) is 2.05. The first-order valence-corrected chi connectivity index (χ1v) is 7.47. The molecule has 0 N–H and O–H groups in total. The van der Waals surface area contributed by atoms with E-state index in [2.05, 4.69) is 6.58 Å². The summed E-state index contributed by atoms with van der Waals surface area (Å²) >= 11 is 0. The van der Waals surface area contributed by atoms with Crippen molar-refractivity contribution in [2.45, 2.75) is 19.0 Å². The van der Waals surface area contributed by atoms with Crippen molar-refractivity contribution in [1.82, 2.24) is 4.90 Å². The molecule has 0 aliphatic carbocycles. The van der Waals surface area contributed by atoms with Crippen LogP contribution < -0.4 is 9.47 Å². The average molecular weight is 356 g/mol. The van der Waals surface area contributed by atoms with Crippen molar-refractivity contribution in [3.05, 3.63) is 36.4 Å². The van der Waals surface area contributed by atoms with E-state index in [1.165, 1.54) is 19.3 Å². The molecule has 0 fully saturated rings. The summed E-state index contributed by atoms with van der Waals surface area (Å²) < 4.78 is 47.9. The summed E-state index contributed by atoms with van der Waals surface area (Å²) in [6, 6.07) is 6.59. The molecular weight excluding hydrogens is 337 g/mol. The number of ether oxygens (including phenoxy) is 2. The van der Waals surface area contributed by atoms with Gasteiger partial charge in [0.15, 0.2) is 11.5 Å². The summed E-state index contributed by atoms with van der Waals surface area (Å²) in [6.45, 7) is 2.02. The lowest BCUT2D eigenvalue weighted by atomic mass is 10.2. The molecule has 1 aromatic carbocycles. The van der Waals surface area contributed by atoms with Gasteiger partial charge < -0.3 is 14.4 Å². The third-order valence-electron chi connectivity index (χ3n) is 3.16. The van der Waals surface area contributed by atoms with Gasteiger partial charge in [0.1, 0.15) is 6.54 Å². The predicted octanol–water partition coefficient (Wildman–Crippen LogP) is 3.30. The predicted molar refractivity (Wildman–Crippen MR) is 85.3 cm³/mol. The van der Waals surface area contributed by atoms with Crippen molar-refractivity contribution in [2.24, 2.45) is 0 Å². The molecule has 0 heterocycles. The second kappa shape index (κ2) is 9.57. The maximum atomic E-state index is 12.5. The lowest BCUT2D eigenvalue weighted by Gasteiger charge is -2.22. The smallest absolute Gasteiger partial charge is 0.406 e. The van der Waals surface area contributed by atoms with Gasteiger partial charge >= 0.3 is 6.18 Å². The van der Waals surface area contributed by atoms with E-state index in [0.717, 1.165) is 0 Å². The number of methoxy groups -OCH3 is 1. The van der Waals surface area contributed by atoms with E-state index in [4.69, 9.17) is 14.7 Å². The maximum absolute atomic E-state index is 12.5. The molecule has 0 aliphatic rings. The molecular formula is C17H19F3N2O3. The van der Waals surface area contributed by atoms with Crippen LogP contribution in [0.1, 0.15) is 18.4 Å². The standard InChI is InChI=1S/C17H19F3N2O3/c1-3-8-22(12-17(18,19)20)16(23)5-4-9-25-14-7-6-13(11-21)10-15(14)24-2/h3,6-7,10H,1,4-5,8-9,12H2,2H3. The normalized spacial score (nSPS) is 10.7. The van der Waals surface area contributed by atoms with E-state index in [0.29, 0.717) is 22.0 Å². The number of rotatable bonds is 9. The Kier molecular flexibility index (Phi) is 7.79. The lowest BCUT2D eigenvalue weighted by Crippen LogP contribution is -2.39. The van der Waals surface area contributed by atoms with E-state index >= 15 is 0 Å². The number of benzene rings is 1. The monoisotopic (exact) mass is 356 g/mol. The van der Waals surface area contributed by atoms with Crippen LogP contribution in [0.3, 0.4) is 0 Å². The molecule has 1 aromatic rings. The molecule has 8 heteroatoms. The number of halogens is 3. The van der Waals surface area contributed by atoms with Crippen molar-refractivity contribution >= 4 is 5.91 Å². The van der Waals surface area contributed by atoms with Crippen LogP contribution in [0.5, 0.6) is 11.5 Å². The zero-order valence-corrected chi connectivity index (χ0v) is 13.8. The number of amides is 1. The Morgan fingerprint density at radius 2 is 2.12 bits per heavy atom. The van der Waals surface area contributed by atoms with Crippen LogP contribution in [0.15, 0.2) is 30.9 Å². The number of carbonyl (C=O) groups excluding carboxylic acids is 1. The van der Waals surface area contributed by atoms with Gasteiger partial charge in [-0.1, -0.05) is 6.08 Å². The summed E-state index contributed by atoms with van der Waals surface area (Å²) in [6.07, 6.45) is -3.04. The van der Waals surface area contributed by atoms with Crippen LogP contribution in [-0.4, -0.2) is 43.8 Å². The Balaban J connectivity index is 2.52. The summed E-state index contributed by atoms with van der Waals surface area (Å²) in [5, 5.41) is 8.82. The van der Waals surface area contributed by atoms with Crippen LogP contribution >= 0.6 is 0 Å². The molecule has 0 saturated heterocycles. The molecule has 0 radical (unpaired) electrons. The van der Waals surface area contributed by atoms with E-state index in [1.807, 2.05) is 6.07 Å². The van der Waals surface area contributed by atoms with Crippen LogP contribution in [0.2, 0.25) is 0 Å². The summed E-state index contributed by atoms with van der Waals surface area (Å²) in [4.78, 5) is 12.6. The van der Waals surface area contributed by atoms with Crippen molar-refractivity contribution in [2.75, 3.05) is 26.8 Å². The highest BCUT2D eigenvalue weighted by Gasteiger charge is 2.32. The molecule has 5 nitrogen and oxygen atoms in total. The first-order valence-electron chi connectivity index (χ1n) is 7.47. The van der Waals surface area contributed by atoms with Gasteiger partial charge in [0.2, 0.25) is 5.91 Å². The van der Waals surface area contributed by atoms with Gasteiger partial charge in [0.25, 0.3) is 0 Å². The van der Waals surface area contributed by atoms with Crippen LogP contribution in [0.4, 0.5) is 13.2 Å². The minimum atomic E-state index is -4.45. The first kappa shape index (κ1) is 20.4. The first-order chi connectivity index (χ1) is 11.8. The van der Waals surface area contributed by atoms with Gasteiger partial charge in [-0.25, -0.2) is 0 Å². The zero-order valence-electron chi connectivity index (χ0n) is 13.8. The molecule has 0 aromatic heterocycles. The number of nitrogens with zero attached hydrogens (tertiary/aromatic N) is 2. The Bertz CT molecular complexity index is 639. The van der Waals surface area contributed by atoms with Gasteiger partial charge in [-0.05, 0) is 18.6 Å². The highest BCUT2D eigenvalue weighted by atomic mass is 19.4. The van der Waals surface area contributed by atoms with Crippen molar-refractivity contribution in [1.29, 1.82) is 5.26 Å². The Hall–Kier alpha value is -2.69. The maximum Gasteiger partial charge on any atom is 0.406 e. The topological polar surface area (TPSA) is 62.6 Å². The van der Waals surface area contributed by atoms with E-state index in [1.54, 1.807) is 12.1 Å². The third-order valence-corrected chi connectivity index (χ3v) is 3.16. The highest BCUT2D eigenvalue weighted by molar-refractivity contribution is 5.76. The molecule has 0 atom stereocenters. The quantitative estimate of drug-likeness (QED) is 0.503. The molecule has 0 bridgehead atoms. The fraction of sp³-hybridized carbons (Fsp3) is 0.412. The van der Waals surface area contributed by atoms with Crippen LogP contribution in [0.25, 0.3) is 0 Å². The summed E-state index contributed by atoms with van der Waals surface area (Å²) in [7, 11) is 1.43. The Morgan fingerprint density at radius 1 is 1.40 bits per heavy atom. The van der Waals surface area contributed by atoms with Gasteiger partial charge in [0.05, 0.1) is 25.3 Å². The van der Waals surface area contributed by atoms with Crippen molar-refractivity contribution in [3.63, 3.8) is 0 Å². The number of nitriles is 1. The number of alkyl halides is 3. The molecule has 1 amide bonds.